The van der Waals surface area contributed by atoms with Gasteiger partial charge in [0, 0.05) is 36.3 Å². The molecule has 4 atom stereocenters. The lowest BCUT2D eigenvalue weighted by atomic mass is 9.74. The summed E-state index contributed by atoms with van der Waals surface area (Å²) in [6.07, 6.45) is 5.49. The Labute approximate surface area is 131 Å². The second-order valence-electron chi connectivity index (χ2n) is 6.89. The quantitative estimate of drug-likeness (QED) is 0.741. The molecule has 3 saturated heterocycles. The van der Waals surface area contributed by atoms with Crippen molar-refractivity contribution in [3.8, 4) is 0 Å². The Bertz CT molecular complexity index is 690. The summed E-state index contributed by atoms with van der Waals surface area (Å²) in [5.74, 6) is 1.47. The summed E-state index contributed by atoms with van der Waals surface area (Å²) in [5.41, 5.74) is 3.92. The molecule has 3 N–H and O–H groups in total. The molecule has 3 fully saturated rings. The first-order valence-electron chi connectivity index (χ1n) is 8.49. The molecule has 22 heavy (non-hydrogen) atoms. The van der Waals surface area contributed by atoms with Crippen molar-refractivity contribution in [1.82, 2.24) is 4.98 Å². The number of aliphatic hydroxyl groups is 1. The summed E-state index contributed by atoms with van der Waals surface area (Å²) in [7, 11) is 0. The van der Waals surface area contributed by atoms with Crippen LogP contribution in [0.15, 0.2) is 36.9 Å². The fraction of sp³-hybridized carbons (Fsp3) is 0.474. The second-order valence-corrected chi connectivity index (χ2v) is 6.89. The van der Waals surface area contributed by atoms with Gasteiger partial charge in [0.1, 0.15) is 6.04 Å². The van der Waals surface area contributed by atoms with Crippen molar-refractivity contribution >= 4 is 10.9 Å². The Kier molecular flexibility index (Phi) is 3.55. The summed E-state index contributed by atoms with van der Waals surface area (Å²) >= 11 is 0. The summed E-state index contributed by atoms with van der Waals surface area (Å²) in [5, 5.41) is 10.8. The Morgan fingerprint density at radius 3 is 2.95 bits per heavy atom. The highest BCUT2D eigenvalue weighted by atomic mass is 16.2. The van der Waals surface area contributed by atoms with E-state index >= 15 is 0 Å². The predicted molar refractivity (Wildman–Crippen MR) is 88.9 cm³/mol. The SMILES string of the molecule is C=C[C@H]1C[NH+]2CC[C@H]1C[C@@H]2c1[nH]c2ccccc2c1CCO. The largest absolute Gasteiger partial charge is 0.396 e. The maximum Gasteiger partial charge on any atom is 0.129 e. The molecular weight excluding hydrogens is 272 g/mol. The zero-order chi connectivity index (χ0) is 15.1. The van der Waals surface area contributed by atoms with E-state index < -0.39 is 0 Å². The number of benzene rings is 1. The molecule has 0 spiro atoms. The minimum atomic E-state index is 0.218. The Hall–Kier alpha value is -1.58. The average Bonchev–Trinajstić information content (AvgIpc) is 2.94. The van der Waals surface area contributed by atoms with Gasteiger partial charge in [0.05, 0.1) is 18.8 Å². The van der Waals surface area contributed by atoms with Crippen LogP contribution in [-0.2, 0) is 6.42 Å². The van der Waals surface area contributed by atoms with E-state index in [2.05, 4.69) is 41.9 Å². The first kappa shape index (κ1) is 14.0. The van der Waals surface area contributed by atoms with Gasteiger partial charge in [-0.15, -0.1) is 6.58 Å². The Balaban J connectivity index is 1.75. The zero-order valence-electron chi connectivity index (χ0n) is 13.0. The van der Waals surface area contributed by atoms with Crippen LogP contribution in [0.1, 0.15) is 30.1 Å². The van der Waals surface area contributed by atoms with Crippen molar-refractivity contribution in [3.05, 3.63) is 48.2 Å². The third-order valence-electron chi connectivity index (χ3n) is 5.83. The molecule has 3 aliphatic rings. The number of hydrogen-bond donors (Lipinski definition) is 3. The topological polar surface area (TPSA) is 40.5 Å². The summed E-state index contributed by atoms with van der Waals surface area (Å²) in [6.45, 7) is 6.73. The smallest absolute Gasteiger partial charge is 0.129 e. The normalized spacial score (nSPS) is 30.8. The Morgan fingerprint density at radius 1 is 1.36 bits per heavy atom. The first-order chi connectivity index (χ1) is 10.8. The minimum absolute atomic E-state index is 0.218. The fourth-order valence-corrected chi connectivity index (χ4v) is 4.73. The summed E-state index contributed by atoms with van der Waals surface area (Å²) in [6, 6.07) is 9.06. The zero-order valence-corrected chi connectivity index (χ0v) is 13.0. The molecule has 4 heterocycles. The number of piperidine rings is 3. The third-order valence-corrected chi connectivity index (χ3v) is 5.83. The molecule has 116 valence electrons. The van der Waals surface area contributed by atoms with E-state index in [-0.39, 0.29) is 6.61 Å². The van der Waals surface area contributed by atoms with Gasteiger partial charge >= 0.3 is 0 Å². The van der Waals surface area contributed by atoms with Crippen LogP contribution in [0.25, 0.3) is 10.9 Å². The number of para-hydroxylation sites is 1. The number of aromatic nitrogens is 1. The van der Waals surface area contributed by atoms with Crippen LogP contribution in [0.5, 0.6) is 0 Å². The predicted octanol–water partition coefficient (Wildman–Crippen LogP) is 1.85. The average molecular weight is 297 g/mol. The van der Waals surface area contributed by atoms with E-state index in [4.69, 9.17) is 0 Å². The van der Waals surface area contributed by atoms with Crippen LogP contribution < -0.4 is 4.90 Å². The molecule has 1 aromatic heterocycles. The van der Waals surface area contributed by atoms with E-state index in [9.17, 15) is 5.11 Å². The van der Waals surface area contributed by atoms with Gasteiger partial charge in [-0.1, -0.05) is 24.3 Å². The van der Waals surface area contributed by atoms with Gasteiger partial charge in [0.15, 0.2) is 0 Å². The van der Waals surface area contributed by atoms with E-state index in [1.807, 2.05) is 0 Å². The molecule has 5 rings (SSSR count). The molecule has 1 aromatic carbocycles. The number of fused-ring (bicyclic) bond motifs is 4. The van der Waals surface area contributed by atoms with E-state index in [0.29, 0.717) is 12.0 Å². The lowest BCUT2D eigenvalue weighted by Crippen LogP contribution is -3.16. The first-order valence-corrected chi connectivity index (χ1v) is 8.49. The number of H-pyrrole nitrogens is 1. The molecule has 0 aliphatic carbocycles. The van der Waals surface area contributed by atoms with Gasteiger partial charge in [-0.05, 0) is 24.0 Å². The van der Waals surface area contributed by atoms with E-state index in [1.165, 1.54) is 48.1 Å². The van der Waals surface area contributed by atoms with Gasteiger partial charge in [-0.25, -0.2) is 0 Å². The second kappa shape index (κ2) is 5.56. The lowest BCUT2D eigenvalue weighted by Gasteiger charge is -2.46. The highest BCUT2D eigenvalue weighted by Crippen LogP contribution is 2.36. The molecule has 2 aromatic rings. The van der Waals surface area contributed by atoms with Crippen LogP contribution in [0.2, 0.25) is 0 Å². The third kappa shape index (κ3) is 2.11. The number of aromatic amines is 1. The lowest BCUT2D eigenvalue weighted by molar-refractivity contribution is -0.952. The molecule has 1 unspecified atom stereocenters. The number of aliphatic hydroxyl groups excluding tert-OH is 1. The number of quaternary nitrogens is 1. The maximum absolute atomic E-state index is 9.50. The molecule has 0 radical (unpaired) electrons. The van der Waals surface area contributed by atoms with Gasteiger partial charge in [0.25, 0.3) is 0 Å². The number of hydrogen-bond acceptors (Lipinski definition) is 1. The van der Waals surface area contributed by atoms with E-state index in [0.717, 1.165) is 12.3 Å². The van der Waals surface area contributed by atoms with Crippen molar-refractivity contribution in [3.63, 3.8) is 0 Å². The molecule has 0 amide bonds. The van der Waals surface area contributed by atoms with E-state index in [1.54, 1.807) is 4.90 Å². The number of nitrogens with one attached hydrogen (secondary N) is 2. The molecule has 3 aliphatic heterocycles. The van der Waals surface area contributed by atoms with Crippen LogP contribution in [0.3, 0.4) is 0 Å². The molecule has 2 bridgehead atoms. The maximum atomic E-state index is 9.50. The summed E-state index contributed by atoms with van der Waals surface area (Å²) < 4.78 is 0. The van der Waals surface area contributed by atoms with Gasteiger partial charge in [-0.2, -0.15) is 0 Å². The highest BCUT2D eigenvalue weighted by molar-refractivity contribution is 5.84. The Morgan fingerprint density at radius 2 is 2.23 bits per heavy atom. The number of rotatable bonds is 4. The molecule has 3 heteroatoms. The van der Waals surface area contributed by atoms with Crippen LogP contribution in [0.4, 0.5) is 0 Å². The van der Waals surface area contributed by atoms with Crippen molar-refractivity contribution in [2.24, 2.45) is 11.8 Å². The van der Waals surface area contributed by atoms with Crippen molar-refractivity contribution in [1.29, 1.82) is 0 Å². The van der Waals surface area contributed by atoms with Crippen LogP contribution >= 0.6 is 0 Å². The minimum Gasteiger partial charge on any atom is -0.396 e. The highest BCUT2D eigenvalue weighted by Gasteiger charge is 2.44. The monoisotopic (exact) mass is 297 g/mol. The van der Waals surface area contributed by atoms with Crippen LogP contribution in [-0.4, -0.2) is 29.8 Å². The van der Waals surface area contributed by atoms with Gasteiger partial charge in [-0.3, -0.25) is 0 Å². The van der Waals surface area contributed by atoms with Crippen molar-refractivity contribution in [2.75, 3.05) is 19.7 Å². The fourth-order valence-electron chi connectivity index (χ4n) is 4.73. The molecule has 0 saturated carbocycles. The molecule has 3 nitrogen and oxygen atoms in total. The van der Waals surface area contributed by atoms with Crippen molar-refractivity contribution in [2.45, 2.75) is 25.3 Å². The van der Waals surface area contributed by atoms with Crippen LogP contribution in [0, 0.1) is 11.8 Å². The van der Waals surface area contributed by atoms with Gasteiger partial charge < -0.3 is 15.0 Å². The summed E-state index contributed by atoms with van der Waals surface area (Å²) in [4.78, 5) is 5.37. The van der Waals surface area contributed by atoms with Crippen molar-refractivity contribution < 1.29 is 10.0 Å². The molecular formula is C19H25N2O+. The standard InChI is InChI=1S/C19H24N2O/c1-2-13-12-21-9-7-14(13)11-18(21)19-16(8-10-22)15-5-3-4-6-17(15)20-19/h2-6,13-14,18,20,22H,1,7-12H2/p+1/t13-,14-,18+/m0/s1. The van der Waals surface area contributed by atoms with Gasteiger partial charge in [0.2, 0.25) is 0 Å².